The van der Waals surface area contributed by atoms with Crippen LogP contribution in [0.3, 0.4) is 0 Å². The largest absolute Gasteiger partial charge is 0.357 e. The number of rotatable bonds is 5. The van der Waals surface area contributed by atoms with E-state index in [1.54, 1.807) is 25.3 Å². The number of hydrogen-bond donors (Lipinski definition) is 1. The molecule has 1 aromatic heterocycles. The van der Waals surface area contributed by atoms with Crippen LogP contribution in [0.15, 0.2) is 36.5 Å². The molecule has 0 aliphatic carbocycles. The summed E-state index contributed by atoms with van der Waals surface area (Å²) in [6.45, 7) is 3.95. The van der Waals surface area contributed by atoms with Gasteiger partial charge in [0.2, 0.25) is 0 Å². The molecular weight excluding hydrogens is 320 g/mol. The number of aromatic nitrogens is 1. The van der Waals surface area contributed by atoms with Crippen molar-refractivity contribution >= 4 is 17.4 Å². The summed E-state index contributed by atoms with van der Waals surface area (Å²) >= 11 is 0. The van der Waals surface area contributed by atoms with Crippen LogP contribution >= 0.6 is 0 Å². The van der Waals surface area contributed by atoms with Gasteiger partial charge in [-0.05, 0) is 37.5 Å². The van der Waals surface area contributed by atoms with Gasteiger partial charge in [-0.3, -0.25) is 14.9 Å². The molecule has 25 heavy (non-hydrogen) atoms. The van der Waals surface area contributed by atoms with Crippen molar-refractivity contribution in [1.82, 2.24) is 10.3 Å². The number of nitro groups is 1. The van der Waals surface area contributed by atoms with Crippen LogP contribution in [-0.2, 0) is 6.54 Å². The standard InChI is InChI=1S/C18H20N4O3/c1-13-5-4-6-15(17(13)22(24)25)18(23)20-12-14-7-8-16(19-11-14)21-9-2-3-10-21/h4-8,11H,2-3,9-10,12H2,1H3,(H,20,23). The summed E-state index contributed by atoms with van der Waals surface area (Å²) in [6.07, 6.45) is 4.11. The Kier molecular flexibility index (Phi) is 4.92. The monoisotopic (exact) mass is 340 g/mol. The van der Waals surface area contributed by atoms with E-state index >= 15 is 0 Å². The van der Waals surface area contributed by atoms with Gasteiger partial charge in [0.1, 0.15) is 11.4 Å². The molecule has 0 radical (unpaired) electrons. The number of anilines is 1. The lowest BCUT2D eigenvalue weighted by molar-refractivity contribution is -0.385. The fraction of sp³-hybridized carbons (Fsp3) is 0.333. The molecule has 1 saturated heterocycles. The third-order valence-electron chi connectivity index (χ3n) is 4.36. The van der Waals surface area contributed by atoms with E-state index in [0.717, 1.165) is 24.5 Å². The highest BCUT2D eigenvalue weighted by molar-refractivity contribution is 5.98. The van der Waals surface area contributed by atoms with Crippen molar-refractivity contribution in [2.75, 3.05) is 18.0 Å². The third-order valence-corrected chi connectivity index (χ3v) is 4.36. The number of nitrogens with zero attached hydrogens (tertiary/aromatic N) is 3. The maximum Gasteiger partial charge on any atom is 0.285 e. The zero-order chi connectivity index (χ0) is 17.8. The molecule has 1 amide bonds. The Hall–Kier alpha value is -2.96. The smallest absolute Gasteiger partial charge is 0.285 e. The number of pyridine rings is 1. The fourth-order valence-corrected chi connectivity index (χ4v) is 3.02. The Morgan fingerprint density at radius 1 is 1.28 bits per heavy atom. The lowest BCUT2D eigenvalue weighted by Gasteiger charge is -2.16. The minimum Gasteiger partial charge on any atom is -0.357 e. The topological polar surface area (TPSA) is 88.4 Å². The average molecular weight is 340 g/mol. The summed E-state index contributed by atoms with van der Waals surface area (Å²) in [5.41, 5.74) is 1.25. The van der Waals surface area contributed by atoms with Gasteiger partial charge >= 0.3 is 0 Å². The maximum atomic E-state index is 12.3. The van der Waals surface area contributed by atoms with Gasteiger partial charge in [-0.1, -0.05) is 18.2 Å². The van der Waals surface area contributed by atoms with E-state index in [1.165, 1.54) is 18.9 Å². The van der Waals surface area contributed by atoms with Crippen molar-refractivity contribution in [3.63, 3.8) is 0 Å². The number of aryl methyl sites for hydroxylation is 1. The van der Waals surface area contributed by atoms with Crippen molar-refractivity contribution in [3.05, 3.63) is 63.3 Å². The molecule has 0 spiro atoms. The van der Waals surface area contributed by atoms with E-state index < -0.39 is 10.8 Å². The first-order valence-electron chi connectivity index (χ1n) is 8.28. The molecular formula is C18H20N4O3. The first-order valence-corrected chi connectivity index (χ1v) is 8.28. The van der Waals surface area contributed by atoms with Gasteiger partial charge in [0, 0.05) is 31.4 Å². The Bertz CT molecular complexity index is 783. The van der Waals surface area contributed by atoms with Gasteiger partial charge in [-0.25, -0.2) is 4.98 Å². The molecule has 1 aromatic carbocycles. The van der Waals surface area contributed by atoms with E-state index in [2.05, 4.69) is 15.2 Å². The first kappa shape index (κ1) is 16.9. The predicted octanol–water partition coefficient (Wildman–Crippen LogP) is 2.83. The molecule has 0 unspecified atom stereocenters. The molecule has 7 nitrogen and oxygen atoms in total. The molecule has 1 aliphatic heterocycles. The molecule has 3 rings (SSSR count). The number of carbonyl (C=O) groups is 1. The van der Waals surface area contributed by atoms with Crippen LogP contribution in [0.4, 0.5) is 11.5 Å². The number of amides is 1. The van der Waals surface area contributed by atoms with Gasteiger partial charge in [0.05, 0.1) is 4.92 Å². The van der Waals surface area contributed by atoms with Crippen molar-refractivity contribution in [2.45, 2.75) is 26.3 Å². The van der Waals surface area contributed by atoms with Crippen LogP contribution in [0.1, 0.15) is 34.3 Å². The summed E-state index contributed by atoms with van der Waals surface area (Å²) in [5.74, 6) is 0.487. The van der Waals surface area contributed by atoms with Crippen LogP contribution in [0.2, 0.25) is 0 Å². The summed E-state index contributed by atoms with van der Waals surface area (Å²) in [6, 6.07) is 8.60. The fourth-order valence-electron chi connectivity index (χ4n) is 3.02. The highest BCUT2D eigenvalue weighted by atomic mass is 16.6. The van der Waals surface area contributed by atoms with E-state index in [4.69, 9.17) is 0 Å². The van der Waals surface area contributed by atoms with Crippen LogP contribution in [-0.4, -0.2) is 28.9 Å². The molecule has 1 fully saturated rings. The van der Waals surface area contributed by atoms with Gasteiger partial charge in [0.15, 0.2) is 0 Å². The van der Waals surface area contributed by atoms with Crippen molar-refractivity contribution in [2.24, 2.45) is 0 Å². The molecule has 0 bridgehead atoms. The lowest BCUT2D eigenvalue weighted by atomic mass is 10.1. The summed E-state index contributed by atoms with van der Waals surface area (Å²) in [5, 5.41) is 13.9. The minimum atomic E-state index is -0.517. The highest BCUT2D eigenvalue weighted by Gasteiger charge is 2.22. The lowest BCUT2D eigenvalue weighted by Crippen LogP contribution is -2.24. The van der Waals surface area contributed by atoms with Gasteiger partial charge in [-0.2, -0.15) is 0 Å². The zero-order valence-corrected chi connectivity index (χ0v) is 14.1. The normalized spacial score (nSPS) is 13.7. The van der Waals surface area contributed by atoms with Crippen molar-refractivity contribution < 1.29 is 9.72 Å². The van der Waals surface area contributed by atoms with E-state index in [-0.39, 0.29) is 17.8 Å². The number of carbonyl (C=O) groups excluding carboxylic acids is 1. The summed E-state index contributed by atoms with van der Waals surface area (Å²) in [7, 11) is 0. The molecule has 2 aromatic rings. The van der Waals surface area contributed by atoms with Gasteiger partial charge in [0.25, 0.3) is 11.6 Å². The van der Waals surface area contributed by atoms with Gasteiger partial charge < -0.3 is 10.2 Å². The molecule has 1 N–H and O–H groups in total. The SMILES string of the molecule is Cc1cccc(C(=O)NCc2ccc(N3CCCC3)nc2)c1[N+](=O)[O-]. The van der Waals surface area contributed by atoms with E-state index in [1.807, 2.05) is 12.1 Å². The number of benzene rings is 1. The first-order chi connectivity index (χ1) is 12.1. The number of nitro benzene ring substituents is 1. The predicted molar refractivity (Wildman–Crippen MR) is 94.7 cm³/mol. The van der Waals surface area contributed by atoms with Crippen LogP contribution in [0.5, 0.6) is 0 Å². The third kappa shape index (κ3) is 3.76. The second kappa shape index (κ2) is 7.29. The van der Waals surface area contributed by atoms with Crippen LogP contribution in [0, 0.1) is 17.0 Å². The Balaban J connectivity index is 1.66. The summed E-state index contributed by atoms with van der Waals surface area (Å²) in [4.78, 5) is 29.7. The van der Waals surface area contributed by atoms with Crippen LogP contribution in [0.25, 0.3) is 0 Å². The summed E-state index contributed by atoms with van der Waals surface area (Å²) < 4.78 is 0. The molecule has 2 heterocycles. The quantitative estimate of drug-likeness (QED) is 0.668. The second-order valence-corrected chi connectivity index (χ2v) is 6.13. The van der Waals surface area contributed by atoms with Gasteiger partial charge in [-0.15, -0.1) is 0 Å². The van der Waals surface area contributed by atoms with Crippen LogP contribution < -0.4 is 10.2 Å². The average Bonchev–Trinajstić information content (AvgIpc) is 3.14. The Morgan fingerprint density at radius 3 is 2.68 bits per heavy atom. The molecule has 0 saturated carbocycles. The Labute approximate surface area is 145 Å². The van der Waals surface area contributed by atoms with Crippen molar-refractivity contribution in [1.29, 1.82) is 0 Å². The van der Waals surface area contributed by atoms with Crippen molar-refractivity contribution in [3.8, 4) is 0 Å². The molecule has 130 valence electrons. The maximum absolute atomic E-state index is 12.3. The molecule has 0 atom stereocenters. The van der Waals surface area contributed by atoms with E-state index in [9.17, 15) is 14.9 Å². The highest BCUT2D eigenvalue weighted by Crippen LogP contribution is 2.23. The molecule has 7 heteroatoms. The Morgan fingerprint density at radius 2 is 2.04 bits per heavy atom. The molecule has 1 aliphatic rings. The van der Waals surface area contributed by atoms with E-state index in [0.29, 0.717) is 5.56 Å². The number of para-hydroxylation sites is 1. The number of nitrogens with one attached hydrogen (secondary N) is 1. The minimum absolute atomic E-state index is 0.0756. The second-order valence-electron chi connectivity index (χ2n) is 6.13. The number of hydrogen-bond acceptors (Lipinski definition) is 5. The zero-order valence-electron chi connectivity index (χ0n) is 14.1.